The van der Waals surface area contributed by atoms with E-state index in [9.17, 15) is 9.18 Å². The maximum Gasteiger partial charge on any atom is 0.252 e. The summed E-state index contributed by atoms with van der Waals surface area (Å²) in [5.41, 5.74) is 11.5. The van der Waals surface area contributed by atoms with Gasteiger partial charge in [0, 0.05) is 17.3 Å². The Hall–Kier alpha value is -3.07. The average molecular weight is 285 g/mol. The number of rotatable bonds is 4. The number of carbonyl (C=O) groups is 1. The predicted molar refractivity (Wildman–Crippen MR) is 74.8 cm³/mol. The number of nitrogens with two attached hydrogens (primary N) is 2. The fraction of sp³-hybridized carbons (Fsp3) is 0.0667. The summed E-state index contributed by atoms with van der Waals surface area (Å²) in [4.78, 5) is 11.3. The summed E-state index contributed by atoms with van der Waals surface area (Å²) >= 11 is 0. The summed E-state index contributed by atoms with van der Waals surface area (Å²) in [6, 6.07) is 10.6. The lowest BCUT2D eigenvalue weighted by Crippen LogP contribution is -2.13. The van der Waals surface area contributed by atoms with Crippen LogP contribution in [-0.2, 0) is 6.61 Å². The van der Waals surface area contributed by atoms with Crippen molar-refractivity contribution >= 4 is 11.6 Å². The third-order valence-corrected chi connectivity index (χ3v) is 2.85. The van der Waals surface area contributed by atoms with Crippen LogP contribution in [0.5, 0.6) is 5.75 Å². The molecule has 0 radical (unpaired) electrons. The first-order valence-corrected chi connectivity index (χ1v) is 6.02. The smallest absolute Gasteiger partial charge is 0.252 e. The highest BCUT2D eigenvalue weighted by atomic mass is 19.1. The topological polar surface area (TPSA) is 102 Å². The van der Waals surface area contributed by atoms with E-state index in [4.69, 9.17) is 21.5 Å². The molecule has 2 aromatic rings. The molecule has 0 saturated heterocycles. The van der Waals surface area contributed by atoms with E-state index in [0.29, 0.717) is 5.69 Å². The number of nitrogen functional groups attached to an aromatic ring is 1. The van der Waals surface area contributed by atoms with E-state index in [0.717, 1.165) is 0 Å². The first-order chi connectivity index (χ1) is 10.0. The SMILES string of the molecule is N#Cc1cccc(COc2cc(N)ccc2C(N)=O)c1F. The Labute approximate surface area is 120 Å². The fourth-order valence-corrected chi connectivity index (χ4v) is 1.80. The molecule has 0 aliphatic rings. The van der Waals surface area contributed by atoms with Crippen molar-refractivity contribution < 1.29 is 13.9 Å². The van der Waals surface area contributed by atoms with Crippen LogP contribution in [0, 0.1) is 17.1 Å². The zero-order valence-electron chi connectivity index (χ0n) is 11.0. The van der Waals surface area contributed by atoms with Crippen molar-refractivity contribution in [2.24, 2.45) is 5.73 Å². The van der Waals surface area contributed by atoms with Crippen LogP contribution in [0.1, 0.15) is 21.5 Å². The zero-order valence-corrected chi connectivity index (χ0v) is 11.0. The Kier molecular flexibility index (Phi) is 4.05. The van der Waals surface area contributed by atoms with Crippen molar-refractivity contribution in [3.63, 3.8) is 0 Å². The zero-order chi connectivity index (χ0) is 15.4. The number of ether oxygens (including phenoxy) is 1. The molecule has 0 heterocycles. The van der Waals surface area contributed by atoms with Crippen LogP contribution in [-0.4, -0.2) is 5.91 Å². The largest absolute Gasteiger partial charge is 0.488 e. The minimum Gasteiger partial charge on any atom is -0.488 e. The number of anilines is 1. The summed E-state index contributed by atoms with van der Waals surface area (Å²) in [7, 11) is 0. The van der Waals surface area contributed by atoms with Crippen LogP contribution < -0.4 is 16.2 Å². The Morgan fingerprint density at radius 2 is 2.10 bits per heavy atom. The van der Waals surface area contributed by atoms with Crippen LogP contribution in [0.4, 0.5) is 10.1 Å². The Balaban J connectivity index is 2.27. The highest BCUT2D eigenvalue weighted by Gasteiger charge is 2.12. The van der Waals surface area contributed by atoms with E-state index in [-0.39, 0.29) is 29.0 Å². The van der Waals surface area contributed by atoms with Crippen molar-refractivity contribution in [3.8, 4) is 11.8 Å². The molecule has 2 aromatic carbocycles. The number of primary amides is 1. The first-order valence-electron chi connectivity index (χ1n) is 6.02. The van der Waals surface area contributed by atoms with Crippen molar-refractivity contribution in [3.05, 3.63) is 58.9 Å². The van der Waals surface area contributed by atoms with Gasteiger partial charge in [0.25, 0.3) is 5.91 Å². The van der Waals surface area contributed by atoms with Gasteiger partial charge >= 0.3 is 0 Å². The Bertz CT molecular complexity index is 738. The van der Waals surface area contributed by atoms with Gasteiger partial charge in [0.15, 0.2) is 0 Å². The lowest BCUT2D eigenvalue weighted by Gasteiger charge is -2.11. The van der Waals surface area contributed by atoms with Crippen LogP contribution in [0.2, 0.25) is 0 Å². The van der Waals surface area contributed by atoms with Gasteiger partial charge < -0.3 is 16.2 Å². The quantitative estimate of drug-likeness (QED) is 0.838. The second kappa shape index (κ2) is 5.92. The molecular formula is C15H12FN3O2. The fourth-order valence-electron chi connectivity index (χ4n) is 1.80. The summed E-state index contributed by atoms with van der Waals surface area (Å²) in [6.45, 7) is -0.148. The van der Waals surface area contributed by atoms with E-state index < -0.39 is 11.7 Å². The van der Waals surface area contributed by atoms with Gasteiger partial charge in [0.1, 0.15) is 24.2 Å². The molecule has 2 rings (SSSR count). The van der Waals surface area contributed by atoms with Gasteiger partial charge in [-0.2, -0.15) is 5.26 Å². The van der Waals surface area contributed by atoms with E-state index in [2.05, 4.69) is 0 Å². The number of benzene rings is 2. The van der Waals surface area contributed by atoms with Gasteiger partial charge in [-0.05, 0) is 18.2 Å². The molecule has 1 amide bonds. The maximum absolute atomic E-state index is 13.9. The third kappa shape index (κ3) is 3.09. The van der Waals surface area contributed by atoms with Gasteiger partial charge in [-0.15, -0.1) is 0 Å². The Morgan fingerprint density at radius 1 is 1.33 bits per heavy atom. The van der Waals surface area contributed by atoms with E-state index >= 15 is 0 Å². The molecule has 0 aliphatic carbocycles. The maximum atomic E-state index is 13.9. The molecule has 0 saturated carbocycles. The monoisotopic (exact) mass is 285 g/mol. The number of halogens is 1. The predicted octanol–water partition coefficient (Wildman–Crippen LogP) is 1.96. The van der Waals surface area contributed by atoms with Crippen molar-refractivity contribution in [1.82, 2.24) is 0 Å². The summed E-state index contributed by atoms with van der Waals surface area (Å²) < 4.78 is 19.3. The molecule has 0 bridgehead atoms. The molecular weight excluding hydrogens is 273 g/mol. The van der Waals surface area contributed by atoms with Gasteiger partial charge in [-0.25, -0.2) is 4.39 Å². The molecule has 21 heavy (non-hydrogen) atoms. The summed E-state index contributed by atoms with van der Waals surface area (Å²) in [5, 5.41) is 8.77. The number of hydrogen-bond donors (Lipinski definition) is 2. The molecule has 0 spiro atoms. The van der Waals surface area contributed by atoms with Crippen molar-refractivity contribution in [1.29, 1.82) is 5.26 Å². The molecule has 5 nitrogen and oxygen atoms in total. The van der Waals surface area contributed by atoms with Gasteiger partial charge in [0.2, 0.25) is 0 Å². The van der Waals surface area contributed by atoms with Crippen molar-refractivity contribution in [2.45, 2.75) is 6.61 Å². The molecule has 0 fully saturated rings. The second-order valence-electron chi connectivity index (χ2n) is 4.30. The van der Waals surface area contributed by atoms with E-state index in [1.165, 1.54) is 30.3 Å². The minimum absolute atomic E-state index is 0.0706. The molecule has 106 valence electrons. The molecule has 0 atom stereocenters. The number of nitriles is 1. The summed E-state index contributed by atoms with van der Waals surface area (Å²) in [5.74, 6) is -1.15. The lowest BCUT2D eigenvalue weighted by atomic mass is 10.1. The standard InChI is InChI=1S/C15H12FN3O2/c16-14-9(7-17)2-1-3-10(14)8-21-13-6-11(18)4-5-12(13)15(19)20/h1-6H,8,18H2,(H2,19,20). The highest BCUT2D eigenvalue weighted by Crippen LogP contribution is 2.23. The minimum atomic E-state index is -0.670. The Morgan fingerprint density at radius 3 is 2.76 bits per heavy atom. The molecule has 0 aliphatic heterocycles. The number of hydrogen-bond acceptors (Lipinski definition) is 4. The van der Waals surface area contributed by atoms with Gasteiger partial charge in [-0.3, -0.25) is 4.79 Å². The number of carbonyl (C=O) groups excluding carboxylic acids is 1. The third-order valence-electron chi connectivity index (χ3n) is 2.85. The molecule has 4 N–H and O–H groups in total. The molecule has 0 unspecified atom stereocenters. The molecule has 6 heteroatoms. The van der Waals surface area contributed by atoms with Gasteiger partial charge in [0.05, 0.1) is 11.1 Å². The second-order valence-corrected chi connectivity index (χ2v) is 4.30. The summed E-state index contributed by atoms with van der Waals surface area (Å²) in [6.07, 6.45) is 0. The van der Waals surface area contributed by atoms with Gasteiger partial charge in [-0.1, -0.05) is 12.1 Å². The molecule has 0 aromatic heterocycles. The highest BCUT2D eigenvalue weighted by molar-refractivity contribution is 5.96. The van der Waals surface area contributed by atoms with Crippen LogP contribution in [0.3, 0.4) is 0 Å². The van der Waals surface area contributed by atoms with Crippen molar-refractivity contribution in [2.75, 3.05) is 5.73 Å². The first kappa shape index (κ1) is 14.3. The van der Waals surface area contributed by atoms with E-state index in [1.807, 2.05) is 0 Å². The van der Waals surface area contributed by atoms with Crippen LogP contribution >= 0.6 is 0 Å². The number of amides is 1. The van der Waals surface area contributed by atoms with Crippen LogP contribution in [0.15, 0.2) is 36.4 Å². The lowest BCUT2D eigenvalue weighted by molar-refractivity contribution is 0.0996. The number of nitrogens with zero attached hydrogens (tertiary/aromatic N) is 1. The average Bonchev–Trinajstić information content (AvgIpc) is 2.46. The normalized spacial score (nSPS) is 9.90. The van der Waals surface area contributed by atoms with E-state index in [1.54, 1.807) is 12.1 Å². The van der Waals surface area contributed by atoms with Crippen LogP contribution in [0.25, 0.3) is 0 Å².